The first kappa shape index (κ1) is 13.4. The van der Waals surface area contributed by atoms with E-state index >= 15 is 0 Å². The molecule has 84 valence electrons. The van der Waals surface area contributed by atoms with Gasteiger partial charge in [-0.3, -0.25) is 4.79 Å². The fraction of sp³-hybridized carbons (Fsp3) is 0.900. The monoisotopic (exact) mass is 202 g/mol. The van der Waals surface area contributed by atoms with Gasteiger partial charge in [-0.05, 0) is 13.3 Å². The van der Waals surface area contributed by atoms with Crippen molar-refractivity contribution in [2.24, 2.45) is 5.73 Å². The normalized spacial score (nSPS) is 12.6. The van der Waals surface area contributed by atoms with Gasteiger partial charge in [0, 0.05) is 26.2 Å². The highest BCUT2D eigenvalue weighted by molar-refractivity contribution is 5.75. The van der Waals surface area contributed by atoms with Crippen LogP contribution >= 0.6 is 0 Å². The first-order valence-corrected chi connectivity index (χ1v) is 5.15. The van der Waals surface area contributed by atoms with Crippen molar-refractivity contribution >= 4 is 5.91 Å². The Hall–Kier alpha value is -0.610. The Kier molecular flexibility index (Phi) is 7.42. The molecule has 0 aromatic heterocycles. The second kappa shape index (κ2) is 7.76. The topological polar surface area (TPSA) is 55.6 Å². The Morgan fingerprint density at radius 2 is 2.14 bits per heavy atom. The van der Waals surface area contributed by atoms with Gasteiger partial charge in [-0.2, -0.15) is 0 Å². The Morgan fingerprint density at radius 1 is 1.50 bits per heavy atom. The lowest BCUT2D eigenvalue weighted by atomic mass is 10.3. The SMILES string of the molecule is CCCOCCC(=O)N(C)CC(C)N. The molecule has 1 atom stereocenters. The standard InChI is InChI=1S/C10H22N2O2/c1-4-6-14-7-5-10(13)12(3)8-9(2)11/h9H,4-8,11H2,1-3H3. The van der Waals surface area contributed by atoms with Crippen LogP contribution in [0.3, 0.4) is 0 Å². The number of nitrogens with zero attached hydrogens (tertiary/aromatic N) is 1. The van der Waals surface area contributed by atoms with Gasteiger partial charge in [-0.25, -0.2) is 0 Å². The van der Waals surface area contributed by atoms with E-state index in [4.69, 9.17) is 10.5 Å². The minimum absolute atomic E-state index is 0.0283. The molecule has 14 heavy (non-hydrogen) atoms. The maximum Gasteiger partial charge on any atom is 0.224 e. The average molecular weight is 202 g/mol. The smallest absolute Gasteiger partial charge is 0.224 e. The Balaban J connectivity index is 3.52. The molecule has 0 aromatic carbocycles. The summed E-state index contributed by atoms with van der Waals surface area (Å²) in [5, 5.41) is 0. The van der Waals surface area contributed by atoms with E-state index in [1.807, 2.05) is 13.8 Å². The van der Waals surface area contributed by atoms with E-state index in [1.54, 1.807) is 11.9 Å². The molecule has 0 aromatic rings. The molecule has 1 unspecified atom stereocenters. The number of amides is 1. The van der Waals surface area contributed by atoms with Gasteiger partial charge in [0.05, 0.1) is 13.0 Å². The molecule has 0 saturated carbocycles. The molecule has 0 bridgehead atoms. The van der Waals surface area contributed by atoms with Crippen molar-refractivity contribution < 1.29 is 9.53 Å². The summed E-state index contributed by atoms with van der Waals surface area (Å²) in [6.07, 6.45) is 1.44. The Bertz CT molecular complexity index is 160. The van der Waals surface area contributed by atoms with E-state index < -0.39 is 0 Å². The molecule has 0 rings (SSSR count). The highest BCUT2D eigenvalue weighted by atomic mass is 16.5. The van der Waals surface area contributed by atoms with Gasteiger partial charge in [-0.1, -0.05) is 6.92 Å². The fourth-order valence-corrected chi connectivity index (χ4v) is 1.13. The second-order valence-electron chi connectivity index (χ2n) is 3.61. The maximum atomic E-state index is 11.4. The van der Waals surface area contributed by atoms with E-state index in [1.165, 1.54) is 0 Å². The van der Waals surface area contributed by atoms with Crippen molar-refractivity contribution in [3.8, 4) is 0 Å². The molecule has 0 saturated heterocycles. The number of hydrogen-bond donors (Lipinski definition) is 1. The number of ether oxygens (including phenoxy) is 1. The highest BCUT2D eigenvalue weighted by Gasteiger charge is 2.09. The summed E-state index contributed by atoms with van der Waals surface area (Å²) in [4.78, 5) is 13.1. The third-order valence-electron chi connectivity index (χ3n) is 1.80. The van der Waals surface area contributed by atoms with E-state index in [2.05, 4.69) is 0 Å². The predicted octanol–water partition coefficient (Wildman–Crippen LogP) is 0.609. The van der Waals surface area contributed by atoms with Crippen LogP contribution in [0.1, 0.15) is 26.7 Å². The summed E-state index contributed by atoms with van der Waals surface area (Å²) in [6.45, 7) is 5.77. The summed E-state index contributed by atoms with van der Waals surface area (Å²) in [5.74, 6) is 0.0957. The molecule has 2 N–H and O–H groups in total. The van der Waals surface area contributed by atoms with Crippen LogP contribution in [0.5, 0.6) is 0 Å². The first-order valence-electron chi connectivity index (χ1n) is 5.15. The van der Waals surface area contributed by atoms with E-state index in [0.29, 0.717) is 19.6 Å². The molecule has 0 radical (unpaired) electrons. The summed E-state index contributed by atoms with van der Waals surface area (Å²) in [5.41, 5.74) is 5.58. The molecule has 1 amide bonds. The Labute approximate surface area is 86.4 Å². The average Bonchev–Trinajstić information content (AvgIpc) is 2.11. The van der Waals surface area contributed by atoms with Crippen LogP contribution in [0.2, 0.25) is 0 Å². The van der Waals surface area contributed by atoms with Crippen LogP contribution in [0, 0.1) is 0 Å². The minimum Gasteiger partial charge on any atom is -0.381 e. The molecule has 0 heterocycles. The molecule has 0 aliphatic rings. The zero-order chi connectivity index (χ0) is 11.0. The van der Waals surface area contributed by atoms with Crippen LogP contribution in [0.4, 0.5) is 0 Å². The molecule has 0 fully saturated rings. The van der Waals surface area contributed by atoms with Gasteiger partial charge >= 0.3 is 0 Å². The number of nitrogens with two attached hydrogens (primary N) is 1. The van der Waals surface area contributed by atoms with Gasteiger partial charge in [-0.15, -0.1) is 0 Å². The van der Waals surface area contributed by atoms with E-state index in [0.717, 1.165) is 13.0 Å². The summed E-state index contributed by atoms with van der Waals surface area (Å²) in [6, 6.07) is 0.0283. The molecule has 4 heteroatoms. The van der Waals surface area contributed by atoms with Crippen molar-refractivity contribution in [2.75, 3.05) is 26.8 Å². The minimum atomic E-state index is 0.0283. The largest absolute Gasteiger partial charge is 0.381 e. The molecule has 0 spiro atoms. The number of hydrogen-bond acceptors (Lipinski definition) is 3. The lowest BCUT2D eigenvalue weighted by molar-refractivity contribution is -0.131. The van der Waals surface area contributed by atoms with Gasteiger partial charge < -0.3 is 15.4 Å². The molecular formula is C10H22N2O2. The third kappa shape index (κ3) is 6.86. The molecular weight excluding hydrogens is 180 g/mol. The fourth-order valence-electron chi connectivity index (χ4n) is 1.13. The lowest BCUT2D eigenvalue weighted by Gasteiger charge is -2.19. The van der Waals surface area contributed by atoms with Crippen LogP contribution in [-0.4, -0.2) is 43.7 Å². The zero-order valence-electron chi connectivity index (χ0n) is 9.45. The number of carbonyl (C=O) groups excluding carboxylic acids is 1. The third-order valence-corrected chi connectivity index (χ3v) is 1.80. The van der Waals surface area contributed by atoms with Crippen molar-refractivity contribution in [1.29, 1.82) is 0 Å². The summed E-state index contributed by atoms with van der Waals surface area (Å²) >= 11 is 0. The van der Waals surface area contributed by atoms with Gasteiger partial charge in [0.15, 0.2) is 0 Å². The van der Waals surface area contributed by atoms with Crippen LogP contribution in [0.15, 0.2) is 0 Å². The van der Waals surface area contributed by atoms with Crippen molar-refractivity contribution in [3.05, 3.63) is 0 Å². The highest BCUT2D eigenvalue weighted by Crippen LogP contribution is 1.93. The number of carbonyl (C=O) groups is 1. The van der Waals surface area contributed by atoms with Crippen molar-refractivity contribution in [2.45, 2.75) is 32.7 Å². The first-order chi connectivity index (χ1) is 6.57. The van der Waals surface area contributed by atoms with Crippen molar-refractivity contribution in [1.82, 2.24) is 4.90 Å². The van der Waals surface area contributed by atoms with Crippen LogP contribution < -0.4 is 5.73 Å². The van der Waals surface area contributed by atoms with Gasteiger partial charge in [0.25, 0.3) is 0 Å². The van der Waals surface area contributed by atoms with Gasteiger partial charge in [0.1, 0.15) is 0 Å². The quantitative estimate of drug-likeness (QED) is 0.615. The maximum absolute atomic E-state index is 11.4. The lowest BCUT2D eigenvalue weighted by Crippen LogP contribution is -2.37. The number of likely N-dealkylation sites (N-methyl/N-ethyl adjacent to an activating group) is 1. The van der Waals surface area contributed by atoms with E-state index in [9.17, 15) is 4.79 Å². The van der Waals surface area contributed by atoms with Gasteiger partial charge in [0.2, 0.25) is 5.91 Å². The number of rotatable bonds is 7. The van der Waals surface area contributed by atoms with Crippen LogP contribution in [-0.2, 0) is 9.53 Å². The summed E-state index contributed by atoms with van der Waals surface area (Å²) < 4.78 is 5.23. The molecule has 4 nitrogen and oxygen atoms in total. The Morgan fingerprint density at radius 3 is 2.64 bits per heavy atom. The zero-order valence-corrected chi connectivity index (χ0v) is 9.45. The van der Waals surface area contributed by atoms with E-state index in [-0.39, 0.29) is 11.9 Å². The van der Waals surface area contributed by atoms with Crippen LogP contribution in [0.25, 0.3) is 0 Å². The van der Waals surface area contributed by atoms with Crippen molar-refractivity contribution in [3.63, 3.8) is 0 Å². The second-order valence-corrected chi connectivity index (χ2v) is 3.61. The molecule has 0 aliphatic carbocycles. The predicted molar refractivity (Wildman–Crippen MR) is 57.0 cm³/mol. The molecule has 0 aliphatic heterocycles. The summed E-state index contributed by atoms with van der Waals surface area (Å²) in [7, 11) is 1.77.